The molecule has 0 radical (unpaired) electrons. The van der Waals surface area contributed by atoms with Crippen LogP contribution >= 0.6 is 0 Å². The van der Waals surface area contributed by atoms with Gasteiger partial charge in [0.05, 0.1) is 12.0 Å². The lowest BCUT2D eigenvalue weighted by molar-refractivity contribution is 0.0811. The Hall–Kier alpha value is -2.47. The van der Waals surface area contributed by atoms with Crippen LogP contribution < -0.4 is 4.74 Å². The zero-order valence-corrected chi connectivity index (χ0v) is 15.6. The predicted octanol–water partition coefficient (Wildman–Crippen LogP) is 4.62. The summed E-state index contributed by atoms with van der Waals surface area (Å²) < 4.78 is 33.2. The number of rotatable bonds is 4. The molecule has 1 fully saturated rings. The zero-order chi connectivity index (χ0) is 19.0. The number of nitrogens with zero attached hydrogens (tertiary/aromatic N) is 2. The number of halogens is 2. The summed E-state index contributed by atoms with van der Waals surface area (Å²) in [6.07, 6.45) is 5.62. The minimum Gasteiger partial charge on any atom is -0.492 e. The number of likely N-dealkylation sites (tertiary alicyclic amines) is 1. The van der Waals surface area contributed by atoms with E-state index in [-0.39, 0.29) is 5.41 Å². The van der Waals surface area contributed by atoms with E-state index < -0.39 is 11.6 Å². The number of ether oxygens (including phenoxy) is 1. The molecule has 1 aromatic carbocycles. The molecule has 1 aliphatic heterocycles. The summed E-state index contributed by atoms with van der Waals surface area (Å²) in [5.41, 5.74) is 2.13. The summed E-state index contributed by atoms with van der Waals surface area (Å²) in [7, 11) is 2.14. The number of aromatic amines is 1. The number of nitrogens with one attached hydrogen (secondary N) is 1. The third kappa shape index (κ3) is 3.54. The summed E-state index contributed by atoms with van der Waals surface area (Å²) in [6.45, 7) is 5.00. The van der Waals surface area contributed by atoms with Crippen molar-refractivity contribution < 1.29 is 13.5 Å². The molecule has 1 saturated heterocycles. The van der Waals surface area contributed by atoms with Gasteiger partial charge >= 0.3 is 0 Å². The van der Waals surface area contributed by atoms with Crippen LogP contribution in [0.3, 0.4) is 0 Å². The van der Waals surface area contributed by atoms with E-state index in [2.05, 4.69) is 28.8 Å². The molecule has 3 aromatic rings. The van der Waals surface area contributed by atoms with Crippen molar-refractivity contribution in [2.24, 2.45) is 5.41 Å². The Morgan fingerprint density at radius 3 is 2.70 bits per heavy atom. The van der Waals surface area contributed by atoms with Crippen molar-refractivity contribution in [3.05, 3.63) is 48.3 Å². The largest absolute Gasteiger partial charge is 0.492 e. The fraction of sp³-hybridized carbons (Fsp3) is 0.381. The summed E-state index contributed by atoms with van der Waals surface area (Å²) >= 11 is 0. The van der Waals surface area contributed by atoms with Crippen LogP contribution in [-0.2, 0) is 0 Å². The minimum absolute atomic E-state index is 0.126. The quantitative estimate of drug-likeness (QED) is 0.728. The van der Waals surface area contributed by atoms with E-state index in [9.17, 15) is 8.78 Å². The van der Waals surface area contributed by atoms with Crippen LogP contribution in [0.4, 0.5) is 8.78 Å². The first-order valence-corrected chi connectivity index (χ1v) is 9.18. The Morgan fingerprint density at radius 1 is 1.19 bits per heavy atom. The number of benzene rings is 1. The molecule has 142 valence electrons. The van der Waals surface area contributed by atoms with Crippen LogP contribution in [0.1, 0.15) is 19.8 Å². The highest BCUT2D eigenvalue weighted by Crippen LogP contribution is 2.37. The van der Waals surface area contributed by atoms with Gasteiger partial charge in [0.15, 0.2) is 11.6 Å². The summed E-state index contributed by atoms with van der Waals surface area (Å²) in [5, 5.41) is 0.792. The summed E-state index contributed by atoms with van der Waals surface area (Å²) in [6, 6.07) is 5.74. The van der Waals surface area contributed by atoms with E-state index in [0.29, 0.717) is 23.6 Å². The van der Waals surface area contributed by atoms with Crippen LogP contribution in [0.15, 0.2) is 36.7 Å². The van der Waals surface area contributed by atoms with Gasteiger partial charge in [0.25, 0.3) is 0 Å². The normalized spacial score (nSPS) is 17.3. The Labute approximate surface area is 157 Å². The fourth-order valence-corrected chi connectivity index (χ4v) is 3.59. The first-order valence-electron chi connectivity index (χ1n) is 9.18. The SMILES string of the molecule is CN1CCC(C)(COc2ccnc3[nH]cc(-c4ccc(F)c(F)c4)c23)CC1. The average Bonchev–Trinajstić information content (AvgIpc) is 3.10. The van der Waals surface area contributed by atoms with Gasteiger partial charge in [-0.15, -0.1) is 0 Å². The smallest absolute Gasteiger partial charge is 0.159 e. The van der Waals surface area contributed by atoms with Crippen molar-refractivity contribution in [1.29, 1.82) is 0 Å². The molecule has 0 spiro atoms. The first kappa shape index (κ1) is 17.9. The molecular weight excluding hydrogens is 348 g/mol. The van der Waals surface area contributed by atoms with Crippen LogP contribution in [0.5, 0.6) is 5.75 Å². The third-order valence-electron chi connectivity index (χ3n) is 5.54. The van der Waals surface area contributed by atoms with Crippen molar-refractivity contribution in [1.82, 2.24) is 14.9 Å². The Kier molecular flexibility index (Phi) is 4.60. The van der Waals surface area contributed by atoms with Gasteiger partial charge in [-0.05, 0) is 56.7 Å². The van der Waals surface area contributed by atoms with Crippen molar-refractivity contribution >= 4 is 11.0 Å². The molecule has 1 aliphatic rings. The van der Waals surface area contributed by atoms with E-state index in [0.717, 1.165) is 42.9 Å². The maximum Gasteiger partial charge on any atom is 0.159 e. The Balaban J connectivity index is 1.65. The standard InChI is InChI=1S/C21H23F2N3O/c1-21(6-9-26(2)10-7-21)13-27-18-5-8-24-20-19(18)15(12-25-20)14-3-4-16(22)17(23)11-14/h3-5,8,11-12H,6-7,9-10,13H2,1-2H3,(H,24,25). The number of hydrogen-bond acceptors (Lipinski definition) is 3. The molecule has 0 atom stereocenters. The Morgan fingerprint density at radius 2 is 1.96 bits per heavy atom. The van der Waals surface area contributed by atoms with Gasteiger partial charge < -0.3 is 14.6 Å². The first-order chi connectivity index (χ1) is 13.0. The second-order valence-corrected chi connectivity index (χ2v) is 7.77. The average molecular weight is 371 g/mol. The molecule has 0 saturated carbocycles. The van der Waals surface area contributed by atoms with E-state index in [1.54, 1.807) is 18.5 Å². The van der Waals surface area contributed by atoms with Gasteiger partial charge in [0.2, 0.25) is 0 Å². The zero-order valence-electron chi connectivity index (χ0n) is 15.6. The Bertz CT molecular complexity index is 961. The molecule has 1 N–H and O–H groups in total. The minimum atomic E-state index is -0.868. The lowest BCUT2D eigenvalue weighted by Crippen LogP contribution is -2.39. The molecular formula is C21H23F2N3O. The number of hydrogen-bond donors (Lipinski definition) is 1. The molecule has 4 rings (SSSR count). The monoisotopic (exact) mass is 371 g/mol. The lowest BCUT2D eigenvalue weighted by atomic mass is 9.81. The second-order valence-electron chi connectivity index (χ2n) is 7.77. The molecule has 3 heterocycles. The van der Waals surface area contributed by atoms with Crippen LogP contribution in [0.25, 0.3) is 22.2 Å². The van der Waals surface area contributed by atoms with Gasteiger partial charge in [0, 0.05) is 23.4 Å². The van der Waals surface area contributed by atoms with Crippen LogP contribution in [-0.4, -0.2) is 41.6 Å². The molecule has 0 unspecified atom stereocenters. The molecule has 6 heteroatoms. The van der Waals surface area contributed by atoms with Crippen LogP contribution in [0.2, 0.25) is 0 Å². The number of H-pyrrole nitrogens is 1. The highest BCUT2D eigenvalue weighted by Gasteiger charge is 2.30. The number of pyridine rings is 1. The van der Waals surface area contributed by atoms with Crippen molar-refractivity contribution in [2.75, 3.05) is 26.7 Å². The number of fused-ring (bicyclic) bond motifs is 1. The van der Waals surface area contributed by atoms with Gasteiger partial charge in [-0.1, -0.05) is 13.0 Å². The van der Waals surface area contributed by atoms with E-state index in [1.807, 2.05) is 6.07 Å². The third-order valence-corrected chi connectivity index (χ3v) is 5.54. The van der Waals surface area contributed by atoms with Gasteiger partial charge in [-0.2, -0.15) is 0 Å². The lowest BCUT2D eigenvalue weighted by Gasteiger charge is -2.37. The molecule has 2 aromatic heterocycles. The molecule has 4 nitrogen and oxygen atoms in total. The topological polar surface area (TPSA) is 41.1 Å². The van der Waals surface area contributed by atoms with Crippen molar-refractivity contribution in [2.45, 2.75) is 19.8 Å². The van der Waals surface area contributed by atoms with E-state index in [1.165, 1.54) is 6.07 Å². The predicted molar refractivity (Wildman–Crippen MR) is 102 cm³/mol. The van der Waals surface area contributed by atoms with Crippen molar-refractivity contribution in [3.63, 3.8) is 0 Å². The summed E-state index contributed by atoms with van der Waals surface area (Å²) in [5.74, 6) is -1.02. The number of aromatic nitrogens is 2. The van der Waals surface area contributed by atoms with Gasteiger partial charge in [-0.3, -0.25) is 0 Å². The van der Waals surface area contributed by atoms with Gasteiger partial charge in [-0.25, -0.2) is 13.8 Å². The molecule has 0 aliphatic carbocycles. The summed E-state index contributed by atoms with van der Waals surface area (Å²) in [4.78, 5) is 9.77. The van der Waals surface area contributed by atoms with E-state index in [4.69, 9.17) is 4.74 Å². The molecule has 0 bridgehead atoms. The molecule has 27 heavy (non-hydrogen) atoms. The van der Waals surface area contributed by atoms with Gasteiger partial charge in [0.1, 0.15) is 11.4 Å². The molecule has 0 amide bonds. The number of piperidine rings is 1. The van der Waals surface area contributed by atoms with Crippen molar-refractivity contribution in [3.8, 4) is 16.9 Å². The van der Waals surface area contributed by atoms with E-state index >= 15 is 0 Å². The highest BCUT2D eigenvalue weighted by atomic mass is 19.2. The highest BCUT2D eigenvalue weighted by molar-refractivity contribution is 5.98. The maximum absolute atomic E-state index is 13.7. The second kappa shape index (κ2) is 6.93. The van der Waals surface area contributed by atoms with Crippen LogP contribution in [0, 0.1) is 17.0 Å². The fourth-order valence-electron chi connectivity index (χ4n) is 3.59. The maximum atomic E-state index is 13.7.